The van der Waals surface area contributed by atoms with Crippen molar-refractivity contribution in [1.82, 2.24) is 10.2 Å². The van der Waals surface area contributed by atoms with E-state index < -0.39 is 9.84 Å². The van der Waals surface area contributed by atoms with E-state index in [4.69, 9.17) is 9.47 Å². The molecule has 2 aromatic rings. The fourth-order valence-corrected chi connectivity index (χ4v) is 6.05. The Bertz CT molecular complexity index is 1080. The highest BCUT2D eigenvalue weighted by molar-refractivity contribution is 7.90. The lowest BCUT2D eigenvalue weighted by Crippen LogP contribution is -2.40. The van der Waals surface area contributed by atoms with Gasteiger partial charge in [-0.25, -0.2) is 8.42 Å². The lowest BCUT2D eigenvalue weighted by atomic mass is 9.86. The Morgan fingerprint density at radius 1 is 0.923 bits per heavy atom. The summed E-state index contributed by atoms with van der Waals surface area (Å²) < 4.78 is 34.3. The third-order valence-corrected chi connectivity index (χ3v) is 8.58. The second kappa shape index (κ2) is 18.0. The van der Waals surface area contributed by atoms with Crippen LogP contribution < -0.4 is 14.8 Å². The van der Waals surface area contributed by atoms with Gasteiger partial charge >= 0.3 is 0 Å². The first kappa shape index (κ1) is 35.5. The number of fused-ring (bicyclic) bond motifs is 1. The van der Waals surface area contributed by atoms with Gasteiger partial charge in [0.15, 0.2) is 21.3 Å². The van der Waals surface area contributed by atoms with Gasteiger partial charge in [0.1, 0.15) is 0 Å². The van der Waals surface area contributed by atoms with Crippen molar-refractivity contribution in [3.8, 4) is 11.5 Å². The van der Waals surface area contributed by atoms with Crippen LogP contribution in [0.2, 0.25) is 0 Å². The number of nitrogens with zero attached hydrogens (tertiary/aromatic N) is 1. The highest BCUT2D eigenvalue weighted by Gasteiger charge is 2.27. The summed E-state index contributed by atoms with van der Waals surface area (Å²) in [7, 11) is 0.328. The Morgan fingerprint density at radius 3 is 2.28 bits per heavy atom. The molecule has 0 saturated heterocycles. The maximum atomic E-state index is 11.6. The topological polar surface area (TPSA) is 67.9 Å². The maximum Gasteiger partial charge on any atom is 0.175 e. The van der Waals surface area contributed by atoms with Crippen molar-refractivity contribution in [2.24, 2.45) is 0 Å². The molecule has 1 aliphatic rings. The predicted octanol–water partition coefficient (Wildman–Crippen LogP) is 5.91. The van der Waals surface area contributed by atoms with Gasteiger partial charge in [0.2, 0.25) is 0 Å². The molecule has 1 atom stereocenters. The van der Waals surface area contributed by atoms with Crippen LogP contribution >= 0.6 is 24.8 Å². The van der Waals surface area contributed by atoms with Crippen molar-refractivity contribution in [3.63, 3.8) is 0 Å². The average molecular weight is 604 g/mol. The second-order valence-electron chi connectivity index (χ2n) is 10.2. The van der Waals surface area contributed by atoms with Gasteiger partial charge in [0.25, 0.3) is 0 Å². The largest absolute Gasteiger partial charge is 0.493 e. The van der Waals surface area contributed by atoms with E-state index in [1.807, 2.05) is 18.2 Å². The maximum absolute atomic E-state index is 11.6. The van der Waals surface area contributed by atoms with E-state index in [9.17, 15) is 8.42 Å². The number of benzene rings is 2. The van der Waals surface area contributed by atoms with Crippen molar-refractivity contribution in [2.75, 3.05) is 46.7 Å². The van der Waals surface area contributed by atoms with Gasteiger partial charge < -0.3 is 19.7 Å². The van der Waals surface area contributed by atoms with E-state index in [-0.39, 0.29) is 24.8 Å². The van der Waals surface area contributed by atoms with Crippen molar-refractivity contribution in [1.29, 1.82) is 0 Å². The van der Waals surface area contributed by atoms with E-state index in [0.717, 1.165) is 43.9 Å². The quantitative estimate of drug-likeness (QED) is 0.241. The molecule has 1 aliphatic carbocycles. The Hall–Kier alpha value is -1.51. The number of ether oxygens (including phenoxy) is 2. The van der Waals surface area contributed by atoms with E-state index in [2.05, 4.69) is 23.2 Å². The van der Waals surface area contributed by atoms with Crippen LogP contribution in [0, 0.1) is 0 Å². The molecule has 0 fully saturated rings. The molecule has 0 spiro atoms. The number of hydrogen-bond donors (Lipinski definition) is 1. The van der Waals surface area contributed by atoms with Crippen molar-refractivity contribution >= 4 is 34.7 Å². The Balaban J connectivity index is 0.00000380. The summed E-state index contributed by atoms with van der Waals surface area (Å²) in [5.41, 5.74) is 3.90. The summed E-state index contributed by atoms with van der Waals surface area (Å²) >= 11 is 0. The summed E-state index contributed by atoms with van der Waals surface area (Å²) in [5, 5.41) is 3.53. The average Bonchev–Trinajstić information content (AvgIpc) is 2.90. The van der Waals surface area contributed by atoms with E-state index >= 15 is 0 Å². The molecule has 3 rings (SSSR count). The number of nitrogens with one attached hydrogen (secondary N) is 1. The number of methoxy groups -OCH3 is 2. The zero-order valence-corrected chi connectivity index (χ0v) is 26.5. The van der Waals surface area contributed by atoms with Crippen LogP contribution in [0.3, 0.4) is 0 Å². The first-order chi connectivity index (χ1) is 17.9. The molecule has 0 bridgehead atoms. The van der Waals surface area contributed by atoms with Crippen molar-refractivity contribution < 1.29 is 17.9 Å². The van der Waals surface area contributed by atoms with Gasteiger partial charge in [-0.1, -0.05) is 38.0 Å². The van der Waals surface area contributed by atoms with Gasteiger partial charge in [0.05, 0.1) is 19.1 Å². The molecular formula is C30H48Cl2N2O4S. The minimum Gasteiger partial charge on any atom is -0.493 e. The summed E-state index contributed by atoms with van der Waals surface area (Å²) in [6.07, 6.45) is 11.6. The molecular weight excluding hydrogens is 555 g/mol. The van der Waals surface area contributed by atoms with Gasteiger partial charge in [0, 0.05) is 17.9 Å². The molecule has 9 heteroatoms. The van der Waals surface area contributed by atoms with Crippen LogP contribution in [0.1, 0.15) is 62.1 Å². The Labute approximate surface area is 249 Å². The first-order valence-electron chi connectivity index (χ1n) is 13.8. The lowest BCUT2D eigenvalue weighted by molar-refractivity contribution is 0.175. The molecule has 0 aromatic heterocycles. The van der Waals surface area contributed by atoms with Gasteiger partial charge in [-0.3, -0.25) is 0 Å². The fraction of sp³-hybridized carbons (Fsp3) is 0.600. The Kier molecular flexibility index (Phi) is 16.4. The molecule has 39 heavy (non-hydrogen) atoms. The normalized spacial score (nSPS) is 14.7. The molecule has 0 amide bonds. The minimum absolute atomic E-state index is 0. The van der Waals surface area contributed by atoms with Crippen LogP contribution in [-0.2, 0) is 29.1 Å². The Morgan fingerprint density at radius 2 is 1.64 bits per heavy atom. The number of halogens is 2. The summed E-state index contributed by atoms with van der Waals surface area (Å²) in [4.78, 5) is 3.10. The van der Waals surface area contributed by atoms with Crippen molar-refractivity contribution in [2.45, 2.75) is 75.6 Å². The molecule has 0 saturated carbocycles. The van der Waals surface area contributed by atoms with Gasteiger partial charge in [-0.2, -0.15) is 0 Å². The van der Waals surface area contributed by atoms with Crippen LogP contribution in [0.4, 0.5) is 0 Å². The molecule has 0 radical (unpaired) electrons. The number of rotatable bonds is 16. The zero-order chi connectivity index (χ0) is 26.7. The fourth-order valence-electron chi connectivity index (χ4n) is 5.42. The molecule has 222 valence electrons. The third kappa shape index (κ3) is 10.8. The van der Waals surface area contributed by atoms with E-state index in [1.165, 1.54) is 74.6 Å². The third-order valence-electron chi connectivity index (χ3n) is 7.45. The van der Waals surface area contributed by atoms with Crippen LogP contribution in [0.15, 0.2) is 41.3 Å². The van der Waals surface area contributed by atoms with E-state index in [1.54, 1.807) is 26.4 Å². The highest BCUT2D eigenvalue weighted by Crippen LogP contribution is 2.38. The summed E-state index contributed by atoms with van der Waals surface area (Å²) in [6.45, 7) is 6.58. The predicted molar refractivity (Wildman–Crippen MR) is 166 cm³/mol. The SMILES string of the molecule is CCCN(CCCCCCNCCc1ccc(S(C)(=O)=O)cc1)C1CCc2c(ccc(OC)c2OC)C1.Cl.Cl. The van der Waals surface area contributed by atoms with Gasteiger partial charge in [-0.05, 0) is 100 Å². The molecule has 1 unspecified atom stereocenters. The number of sulfone groups is 1. The molecule has 6 nitrogen and oxygen atoms in total. The van der Waals surface area contributed by atoms with Crippen molar-refractivity contribution in [3.05, 3.63) is 53.1 Å². The number of hydrogen-bond acceptors (Lipinski definition) is 6. The number of unbranched alkanes of at least 4 members (excludes halogenated alkanes) is 3. The molecule has 1 N–H and O–H groups in total. The minimum atomic E-state index is -3.12. The smallest absolute Gasteiger partial charge is 0.175 e. The highest BCUT2D eigenvalue weighted by atomic mass is 35.5. The summed E-state index contributed by atoms with van der Waals surface area (Å²) in [6, 6.07) is 12.1. The molecule has 0 heterocycles. The van der Waals surface area contributed by atoms with Crippen LogP contribution in [0.5, 0.6) is 11.5 Å². The lowest BCUT2D eigenvalue weighted by Gasteiger charge is -2.36. The van der Waals surface area contributed by atoms with Crippen LogP contribution in [-0.4, -0.2) is 66.0 Å². The zero-order valence-electron chi connectivity index (χ0n) is 24.0. The van der Waals surface area contributed by atoms with Crippen LogP contribution in [0.25, 0.3) is 0 Å². The monoisotopic (exact) mass is 602 g/mol. The van der Waals surface area contributed by atoms with Gasteiger partial charge in [-0.15, -0.1) is 24.8 Å². The van der Waals surface area contributed by atoms with E-state index in [0.29, 0.717) is 10.9 Å². The standard InChI is InChI=1S/C30H46N2O4S.2ClH/c1-5-21-32(26-13-16-28-25(23-26)12-17-29(35-2)30(28)36-3)22-9-7-6-8-19-31-20-18-24-10-14-27(15-11-24)37(4,33)34;;/h10-12,14-15,17,26,31H,5-9,13,16,18-23H2,1-4H3;2*1H. The molecule has 2 aromatic carbocycles. The molecule has 0 aliphatic heterocycles. The second-order valence-corrected chi connectivity index (χ2v) is 12.2. The first-order valence-corrected chi connectivity index (χ1v) is 15.7. The summed E-state index contributed by atoms with van der Waals surface area (Å²) in [5.74, 6) is 1.75.